The maximum absolute atomic E-state index is 12.0. The van der Waals surface area contributed by atoms with E-state index in [9.17, 15) is 13.2 Å². The minimum Gasteiger partial charge on any atom is -0.356 e. The number of nitrogens with one attached hydrogen (secondary N) is 2. The monoisotopic (exact) mass is 407 g/mol. The van der Waals surface area contributed by atoms with Crippen LogP contribution < -0.4 is 10.6 Å². The van der Waals surface area contributed by atoms with Crippen LogP contribution in [0.15, 0.2) is 4.99 Å². The zero-order valence-corrected chi connectivity index (χ0v) is 14.3. The normalized spacial score (nSPS) is 17.5. The molecule has 0 radical (unpaired) electrons. The second-order valence-corrected chi connectivity index (χ2v) is 5.05. The Morgan fingerprint density at radius 2 is 1.80 bits per heavy atom. The van der Waals surface area contributed by atoms with Crippen molar-refractivity contribution in [2.24, 2.45) is 4.99 Å². The summed E-state index contributed by atoms with van der Waals surface area (Å²) in [7, 11) is 1.69. The second kappa shape index (κ2) is 10.5. The summed E-state index contributed by atoms with van der Waals surface area (Å²) in [6.07, 6.45) is 1.98. The van der Waals surface area contributed by atoms with Crippen molar-refractivity contribution in [1.29, 1.82) is 0 Å². The number of rotatable bonds is 5. The first-order valence-electron chi connectivity index (χ1n) is 7.05. The summed E-state index contributed by atoms with van der Waals surface area (Å²) in [5.41, 5.74) is 0. The van der Waals surface area contributed by atoms with Crippen LogP contribution in [0.3, 0.4) is 0 Å². The number of alkyl halides is 3. The number of nitrogens with zero attached hydrogens (tertiary/aromatic N) is 1. The maximum Gasteiger partial charge on any atom is 0.389 e. The largest absolute Gasteiger partial charge is 0.389 e. The Kier molecular flexibility index (Phi) is 10.4. The van der Waals surface area contributed by atoms with Gasteiger partial charge in [-0.2, -0.15) is 13.2 Å². The molecule has 120 valence electrons. The summed E-state index contributed by atoms with van der Waals surface area (Å²) >= 11 is 0. The minimum atomic E-state index is -4.04. The van der Waals surface area contributed by atoms with Crippen LogP contribution in [0.4, 0.5) is 13.2 Å². The highest BCUT2D eigenvalue weighted by Gasteiger charge is 2.25. The van der Waals surface area contributed by atoms with Crippen molar-refractivity contribution in [1.82, 2.24) is 10.6 Å². The van der Waals surface area contributed by atoms with E-state index in [1.807, 2.05) is 0 Å². The SMILES string of the molecule is CN=C(NCCCCC(F)(F)F)NC1CCCCC1.I. The van der Waals surface area contributed by atoms with Crippen molar-refractivity contribution in [3.63, 3.8) is 0 Å². The molecule has 0 heterocycles. The lowest BCUT2D eigenvalue weighted by Crippen LogP contribution is -2.44. The van der Waals surface area contributed by atoms with Gasteiger partial charge in [0.05, 0.1) is 0 Å². The summed E-state index contributed by atoms with van der Waals surface area (Å²) in [5, 5.41) is 6.40. The fourth-order valence-corrected chi connectivity index (χ4v) is 2.29. The van der Waals surface area contributed by atoms with Crippen molar-refractivity contribution in [2.75, 3.05) is 13.6 Å². The minimum absolute atomic E-state index is 0. The number of halogens is 4. The number of hydrogen-bond donors (Lipinski definition) is 2. The van der Waals surface area contributed by atoms with E-state index in [4.69, 9.17) is 0 Å². The van der Waals surface area contributed by atoms with E-state index < -0.39 is 12.6 Å². The van der Waals surface area contributed by atoms with E-state index in [2.05, 4.69) is 15.6 Å². The molecule has 0 aromatic rings. The van der Waals surface area contributed by atoms with Crippen molar-refractivity contribution in [3.05, 3.63) is 0 Å². The van der Waals surface area contributed by atoms with Gasteiger partial charge in [0.25, 0.3) is 0 Å². The quantitative estimate of drug-likeness (QED) is 0.315. The van der Waals surface area contributed by atoms with Crippen LogP contribution >= 0.6 is 24.0 Å². The average molecular weight is 407 g/mol. The van der Waals surface area contributed by atoms with Gasteiger partial charge in [-0.05, 0) is 25.7 Å². The Labute approximate surface area is 136 Å². The molecule has 3 nitrogen and oxygen atoms in total. The molecule has 0 amide bonds. The van der Waals surface area contributed by atoms with Gasteiger partial charge < -0.3 is 10.6 Å². The van der Waals surface area contributed by atoms with Crippen molar-refractivity contribution in [3.8, 4) is 0 Å². The van der Waals surface area contributed by atoms with E-state index >= 15 is 0 Å². The molecule has 7 heteroatoms. The Morgan fingerprint density at radius 1 is 1.15 bits per heavy atom. The fraction of sp³-hybridized carbons (Fsp3) is 0.923. The van der Waals surface area contributed by atoms with Crippen LogP contribution in [0.2, 0.25) is 0 Å². The van der Waals surface area contributed by atoms with Gasteiger partial charge in [0.2, 0.25) is 0 Å². The van der Waals surface area contributed by atoms with Gasteiger partial charge in [0.15, 0.2) is 5.96 Å². The summed E-state index contributed by atoms with van der Waals surface area (Å²) in [5.74, 6) is 0.707. The molecular formula is C13H25F3IN3. The zero-order valence-electron chi connectivity index (χ0n) is 11.9. The molecule has 0 bridgehead atoms. The number of unbranched alkanes of at least 4 members (excludes halogenated alkanes) is 1. The van der Waals surface area contributed by atoms with E-state index in [1.165, 1.54) is 19.3 Å². The molecule has 1 saturated carbocycles. The molecule has 1 fully saturated rings. The molecule has 0 aromatic carbocycles. The molecule has 0 aromatic heterocycles. The van der Waals surface area contributed by atoms with Gasteiger partial charge in [0.1, 0.15) is 0 Å². The third kappa shape index (κ3) is 9.66. The predicted molar refractivity (Wildman–Crippen MR) is 86.7 cm³/mol. The standard InChI is InChI=1S/C13H24F3N3.HI/c1-17-12(19-11-7-3-2-4-8-11)18-10-6-5-9-13(14,15)16;/h11H,2-10H2,1H3,(H2,17,18,19);1H. The zero-order chi connectivity index (χ0) is 14.1. The third-order valence-electron chi connectivity index (χ3n) is 3.35. The molecular weight excluding hydrogens is 382 g/mol. The number of aliphatic imine (C=N–C) groups is 1. The molecule has 0 aliphatic heterocycles. The second-order valence-electron chi connectivity index (χ2n) is 5.05. The van der Waals surface area contributed by atoms with Crippen molar-refractivity contribution in [2.45, 2.75) is 63.6 Å². The van der Waals surface area contributed by atoms with Crippen LogP contribution in [-0.2, 0) is 0 Å². The first-order valence-corrected chi connectivity index (χ1v) is 7.05. The summed E-state index contributed by atoms with van der Waals surface area (Å²) < 4.78 is 35.9. The van der Waals surface area contributed by atoms with Gasteiger partial charge in [-0.25, -0.2) is 0 Å². The molecule has 0 saturated heterocycles. The van der Waals surface area contributed by atoms with Gasteiger partial charge in [-0.15, -0.1) is 24.0 Å². The van der Waals surface area contributed by atoms with Crippen molar-refractivity contribution < 1.29 is 13.2 Å². The van der Waals surface area contributed by atoms with Gasteiger partial charge in [0, 0.05) is 26.1 Å². The van der Waals surface area contributed by atoms with Crippen LogP contribution in [-0.4, -0.2) is 31.8 Å². The van der Waals surface area contributed by atoms with Gasteiger partial charge in [-0.1, -0.05) is 19.3 Å². The summed E-state index contributed by atoms with van der Waals surface area (Å²) in [6, 6.07) is 0.454. The van der Waals surface area contributed by atoms with E-state index in [0.717, 1.165) is 12.8 Å². The Balaban J connectivity index is 0.00000361. The molecule has 1 rings (SSSR count). The fourth-order valence-electron chi connectivity index (χ4n) is 2.29. The van der Waals surface area contributed by atoms with Crippen LogP contribution in [0.25, 0.3) is 0 Å². The Morgan fingerprint density at radius 3 is 2.35 bits per heavy atom. The smallest absolute Gasteiger partial charge is 0.356 e. The molecule has 2 N–H and O–H groups in total. The maximum atomic E-state index is 12.0. The summed E-state index contributed by atoms with van der Waals surface area (Å²) in [4.78, 5) is 4.10. The lowest BCUT2D eigenvalue weighted by Gasteiger charge is -2.24. The molecule has 1 aliphatic rings. The van der Waals surface area contributed by atoms with Crippen molar-refractivity contribution >= 4 is 29.9 Å². The number of guanidine groups is 1. The van der Waals surface area contributed by atoms with E-state index in [1.54, 1.807) is 7.05 Å². The Hall–Kier alpha value is -0.210. The third-order valence-corrected chi connectivity index (χ3v) is 3.35. The van der Waals surface area contributed by atoms with Crippen LogP contribution in [0.1, 0.15) is 51.4 Å². The van der Waals surface area contributed by atoms with E-state index in [0.29, 0.717) is 25.0 Å². The van der Waals surface area contributed by atoms with E-state index in [-0.39, 0.29) is 30.4 Å². The number of hydrogen-bond acceptors (Lipinski definition) is 1. The van der Waals surface area contributed by atoms with Crippen LogP contribution in [0, 0.1) is 0 Å². The lowest BCUT2D eigenvalue weighted by atomic mass is 9.96. The highest BCUT2D eigenvalue weighted by Crippen LogP contribution is 2.21. The summed E-state index contributed by atoms with van der Waals surface area (Å²) in [6.45, 7) is 0.530. The average Bonchev–Trinajstić information content (AvgIpc) is 2.37. The predicted octanol–water partition coefficient (Wildman–Crippen LogP) is 3.83. The molecule has 0 atom stereocenters. The molecule has 20 heavy (non-hydrogen) atoms. The molecule has 0 spiro atoms. The Bertz CT molecular complexity index is 277. The van der Waals surface area contributed by atoms with Gasteiger partial charge >= 0.3 is 6.18 Å². The molecule has 0 unspecified atom stereocenters. The lowest BCUT2D eigenvalue weighted by molar-refractivity contribution is -0.135. The van der Waals surface area contributed by atoms with Crippen LogP contribution in [0.5, 0.6) is 0 Å². The highest BCUT2D eigenvalue weighted by molar-refractivity contribution is 14.0. The van der Waals surface area contributed by atoms with Gasteiger partial charge in [-0.3, -0.25) is 4.99 Å². The molecule has 1 aliphatic carbocycles. The highest BCUT2D eigenvalue weighted by atomic mass is 127. The first kappa shape index (κ1) is 19.8. The topological polar surface area (TPSA) is 36.4 Å². The first-order chi connectivity index (χ1) is 9.01.